The van der Waals surface area contributed by atoms with E-state index in [0.717, 1.165) is 6.07 Å². The van der Waals surface area contributed by atoms with Gasteiger partial charge < -0.3 is 14.7 Å². The van der Waals surface area contributed by atoms with Gasteiger partial charge in [-0.1, -0.05) is 28.9 Å². The van der Waals surface area contributed by atoms with Gasteiger partial charge in [-0.05, 0) is 30.3 Å². The molecule has 2 heterocycles. The summed E-state index contributed by atoms with van der Waals surface area (Å²) in [5, 5.41) is 6.64. The van der Waals surface area contributed by atoms with Crippen LogP contribution in [-0.4, -0.2) is 28.5 Å². The number of nitrogens with zero attached hydrogens (tertiary/aromatic N) is 3. The van der Waals surface area contributed by atoms with Gasteiger partial charge >= 0.3 is 0 Å². The lowest BCUT2D eigenvalue weighted by Crippen LogP contribution is -2.28. The average Bonchev–Trinajstić information content (AvgIpc) is 3.30. The number of carbonyl (C=O) groups excluding carboxylic acids is 2. The molecule has 1 fully saturated rings. The van der Waals surface area contributed by atoms with Gasteiger partial charge in [0.2, 0.25) is 23.5 Å². The van der Waals surface area contributed by atoms with E-state index in [1.165, 1.54) is 17.0 Å². The predicted molar refractivity (Wildman–Crippen MR) is 105 cm³/mol. The number of hydrogen-bond donors (Lipinski definition) is 1. The van der Waals surface area contributed by atoms with E-state index in [2.05, 4.69) is 15.5 Å². The molecule has 4 rings (SSSR count). The normalized spacial score (nSPS) is 16.3. The van der Waals surface area contributed by atoms with E-state index in [4.69, 9.17) is 16.1 Å². The maximum atomic E-state index is 13.9. The third-order valence-electron chi connectivity index (χ3n) is 4.63. The third kappa shape index (κ3) is 3.97. The monoisotopic (exact) mass is 414 g/mol. The van der Waals surface area contributed by atoms with Gasteiger partial charge in [0.15, 0.2) is 0 Å². The predicted octanol–water partition coefficient (Wildman–Crippen LogP) is 3.83. The van der Waals surface area contributed by atoms with E-state index in [1.54, 1.807) is 25.1 Å². The second-order valence-electron chi connectivity index (χ2n) is 6.71. The summed E-state index contributed by atoms with van der Waals surface area (Å²) >= 11 is 5.73. The molecule has 1 aliphatic heterocycles. The maximum absolute atomic E-state index is 13.9. The van der Waals surface area contributed by atoms with Crippen LogP contribution in [-0.2, 0) is 9.59 Å². The highest BCUT2D eigenvalue weighted by Crippen LogP contribution is 2.29. The minimum atomic E-state index is -0.630. The first-order valence-electron chi connectivity index (χ1n) is 8.88. The van der Waals surface area contributed by atoms with E-state index in [-0.39, 0.29) is 29.6 Å². The van der Waals surface area contributed by atoms with Crippen LogP contribution < -0.4 is 10.2 Å². The van der Waals surface area contributed by atoms with Gasteiger partial charge in [0.25, 0.3) is 0 Å². The zero-order chi connectivity index (χ0) is 20.5. The molecular formula is C20H16ClFN4O3. The number of benzene rings is 2. The maximum Gasteiger partial charge on any atom is 0.229 e. The van der Waals surface area contributed by atoms with Crippen LogP contribution in [0, 0.1) is 18.7 Å². The fourth-order valence-electron chi connectivity index (χ4n) is 3.19. The molecule has 2 amide bonds. The highest BCUT2D eigenvalue weighted by Gasteiger charge is 2.35. The third-order valence-corrected chi connectivity index (χ3v) is 4.86. The highest BCUT2D eigenvalue weighted by atomic mass is 35.5. The lowest BCUT2D eigenvalue weighted by molar-refractivity contribution is -0.122. The van der Waals surface area contributed by atoms with Gasteiger partial charge in [0.1, 0.15) is 5.82 Å². The van der Waals surface area contributed by atoms with Crippen molar-refractivity contribution >= 4 is 34.8 Å². The number of aromatic nitrogens is 2. The molecule has 0 spiro atoms. The van der Waals surface area contributed by atoms with Gasteiger partial charge in [-0.2, -0.15) is 4.98 Å². The van der Waals surface area contributed by atoms with E-state index >= 15 is 0 Å². The molecule has 0 radical (unpaired) electrons. The topological polar surface area (TPSA) is 88.3 Å². The Morgan fingerprint density at radius 3 is 2.86 bits per heavy atom. The summed E-state index contributed by atoms with van der Waals surface area (Å²) in [5.41, 5.74) is 1.35. The highest BCUT2D eigenvalue weighted by molar-refractivity contribution is 6.30. The first-order valence-corrected chi connectivity index (χ1v) is 9.25. The molecule has 1 aromatic heterocycles. The quantitative estimate of drug-likeness (QED) is 0.701. The Balaban J connectivity index is 1.50. The Labute approximate surface area is 170 Å². The van der Waals surface area contributed by atoms with Crippen molar-refractivity contribution in [2.24, 2.45) is 5.92 Å². The Bertz CT molecular complexity index is 1100. The Morgan fingerprint density at radius 2 is 2.14 bits per heavy atom. The van der Waals surface area contributed by atoms with Crippen LogP contribution >= 0.6 is 11.6 Å². The zero-order valence-electron chi connectivity index (χ0n) is 15.4. The molecule has 9 heteroatoms. The summed E-state index contributed by atoms with van der Waals surface area (Å²) in [6.07, 6.45) is 0.0343. The fraction of sp³-hybridized carbons (Fsp3) is 0.200. The van der Waals surface area contributed by atoms with Crippen molar-refractivity contribution in [1.82, 2.24) is 10.1 Å². The summed E-state index contributed by atoms with van der Waals surface area (Å²) < 4.78 is 18.9. The minimum Gasteiger partial charge on any atom is -0.339 e. The fourth-order valence-corrected chi connectivity index (χ4v) is 3.35. The number of nitrogens with one attached hydrogen (secondary N) is 1. The molecule has 0 bridgehead atoms. The minimum absolute atomic E-state index is 0.0276. The van der Waals surface area contributed by atoms with Crippen LogP contribution in [0.25, 0.3) is 11.4 Å². The molecule has 1 saturated heterocycles. The van der Waals surface area contributed by atoms with Crippen molar-refractivity contribution < 1.29 is 18.5 Å². The van der Waals surface area contributed by atoms with E-state index < -0.39 is 17.6 Å². The summed E-state index contributed by atoms with van der Waals surface area (Å²) in [4.78, 5) is 30.8. The van der Waals surface area contributed by atoms with Gasteiger partial charge in [-0.25, -0.2) is 4.39 Å². The van der Waals surface area contributed by atoms with Crippen LogP contribution in [0.1, 0.15) is 12.3 Å². The summed E-state index contributed by atoms with van der Waals surface area (Å²) in [6.45, 7) is 1.88. The largest absolute Gasteiger partial charge is 0.339 e. The molecule has 1 N–H and O–H groups in total. The Hall–Kier alpha value is -3.26. The number of anilines is 2. The number of halogens is 2. The van der Waals surface area contributed by atoms with E-state index in [1.807, 2.05) is 6.07 Å². The molecule has 2 aromatic carbocycles. The standard InChI is InChI=1S/C20H16ClFN4O3/c1-11-23-19(25-29-11)12-3-2-4-15(7-12)26-10-13(8-18(26)27)20(28)24-17-6-5-14(21)9-16(17)22/h2-7,9,13H,8,10H2,1H3,(H,24,28)/t13-/m1/s1. The SMILES string of the molecule is Cc1nc(-c2cccc(N3C[C@H](C(=O)Nc4ccc(Cl)cc4F)CC3=O)c2)no1. The molecule has 1 atom stereocenters. The Kier molecular flexibility index (Phi) is 5.02. The second kappa shape index (κ2) is 7.63. The van der Waals surface area contributed by atoms with Crippen LogP contribution in [0.5, 0.6) is 0 Å². The van der Waals surface area contributed by atoms with Crippen molar-refractivity contribution in [3.63, 3.8) is 0 Å². The van der Waals surface area contributed by atoms with E-state index in [9.17, 15) is 14.0 Å². The lowest BCUT2D eigenvalue weighted by Gasteiger charge is -2.17. The van der Waals surface area contributed by atoms with Crippen molar-refractivity contribution in [3.8, 4) is 11.4 Å². The first kappa shape index (κ1) is 19.1. The zero-order valence-corrected chi connectivity index (χ0v) is 16.1. The second-order valence-corrected chi connectivity index (χ2v) is 7.14. The summed E-state index contributed by atoms with van der Waals surface area (Å²) in [5.74, 6) is -0.990. The number of hydrogen-bond acceptors (Lipinski definition) is 5. The lowest BCUT2D eigenvalue weighted by atomic mass is 10.1. The van der Waals surface area contributed by atoms with Crippen molar-refractivity contribution in [3.05, 3.63) is 59.2 Å². The molecule has 0 aliphatic carbocycles. The molecule has 7 nitrogen and oxygen atoms in total. The van der Waals surface area contributed by atoms with Crippen LogP contribution in [0.15, 0.2) is 47.0 Å². The molecule has 1 aliphatic rings. The van der Waals surface area contributed by atoms with Crippen LogP contribution in [0.2, 0.25) is 5.02 Å². The van der Waals surface area contributed by atoms with Gasteiger partial charge in [-0.3, -0.25) is 9.59 Å². The average molecular weight is 415 g/mol. The molecule has 148 valence electrons. The number of rotatable bonds is 4. The summed E-state index contributed by atoms with van der Waals surface area (Å²) in [7, 11) is 0. The molecule has 0 saturated carbocycles. The number of amides is 2. The molecule has 3 aromatic rings. The smallest absolute Gasteiger partial charge is 0.229 e. The van der Waals surface area contributed by atoms with Crippen LogP contribution in [0.4, 0.5) is 15.8 Å². The van der Waals surface area contributed by atoms with Crippen molar-refractivity contribution in [2.75, 3.05) is 16.8 Å². The van der Waals surface area contributed by atoms with Gasteiger partial charge in [-0.15, -0.1) is 0 Å². The van der Waals surface area contributed by atoms with Gasteiger partial charge in [0.05, 0.1) is 11.6 Å². The molecule has 29 heavy (non-hydrogen) atoms. The van der Waals surface area contributed by atoms with Crippen LogP contribution in [0.3, 0.4) is 0 Å². The molecular weight excluding hydrogens is 399 g/mol. The number of aryl methyl sites for hydroxylation is 1. The van der Waals surface area contributed by atoms with Crippen molar-refractivity contribution in [2.45, 2.75) is 13.3 Å². The van der Waals surface area contributed by atoms with E-state index in [0.29, 0.717) is 23.0 Å². The number of carbonyl (C=O) groups is 2. The Morgan fingerprint density at radius 1 is 1.31 bits per heavy atom. The van der Waals surface area contributed by atoms with Crippen molar-refractivity contribution in [1.29, 1.82) is 0 Å². The summed E-state index contributed by atoms with van der Waals surface area (Å²) in [6, 6.07) is 11.1. The first-order chi connectivity index (χ1) is 13.9. The molecule has 0 unspecified atom stereocenters. The van der Waals surface area contributed by atoms with Gasteiger partial charge in [0, 0.05) is 36.2 Å².